The molecule has 0 saturated carbocycles. The monoisotopic (exact) mass is 670 g/mol. The number of carbonyl (C=O) groups is 3. The number of nitrogens with zero attached hydrogens (tertiary/aromatic N) is 2. The Balaban J connectivity index is 0.00000506. The number of benzene rings is 2. The quantitative estimate of drug-likeness (QED) is 0.226. The van der Waals surface area contributed by atoms with Gasteiger partial charge in [0, 0.05) is 43.6 Å². The van der Waals surface area contributed by atoms with Crippen molar-refractivity contribution in [3.8, 4) is 0 Å². The Morgan fingerprint density at radius 3 is 2.56 bits per heavy atom. The van der Waals surface area contributed by atoms with Crippen molar-refractivity contribution in [1.82, 2.24) is 10.6 Å². The molecule has 0 radical (unpaired) electrons. The van der Waals surface area contributed by atoms with Gasteiger partial charge in [-0.1, -0.05) is 63.2 Å². The molecule has 0 fully saturated rings. The first-order chi connectivity index (χ1) is 20.2. The van der Waals surface area contributed by atoms with Gasteiger partial charge in [0.25, 0.3) is 5.91 Å². The number of esters is 1. The smallest absolute Gasteiger partial charge is 0.327 e. The van der Waals surface area contributed by atoms with E-state index in [4.69, 9.17) is 4.74 Å². The van der Waals surface area contributed by atoms with Gasteiger partial charge < -0.3 is 32.7 Å². The Kier molecular flexibility index (Phi) is 12.7. The molecule has 230 valence electrons. The van der Waals surface area contributed by atoms with Crippen LogP contribution >= 0.6 is 15.9 Å². The molecule has 0 aliphatic carbocycles. The lowest BCUT2D eigenvalue weighted by atomic mass is 9.92. The Morgan fingerprint density at radius 1 is 1.09 bits per heavy atom. The van der Waals surface area contributed by atoms with Crippen LogP contribution < -0.4 is 32.5 Å². The number of para-hydroxylation sites is 1. The highest BCUT2D eigenvalue weighted by atomic mass is 79.9. The van der Waals surface area contributed by atoms with Crippen molar-refractivity contribution in [2.75, 3.05) is 31.1 Å². The first-order valence-electron chi connectivity index (χ1n) is 14.5. The Labute approximate surface area is 268 Å². The summed E-state index contributed by atoms with van der Waals surface area (Å²) >= 11 is 3.47. The van der Waals surface area contributed by atoms with Crippen LogP contribution in [0.1, 0.15) is 61.1 Å². The first kappa shape index (κ1) is 34.2. The minimum atomic E-state index is -0.526. The lowest BCUT2D eigenvalue weighted by Crippen LogP contribution is -3.00. The van der Waals surface area contributed by atoms with Gasteiger partial charge in [0.1, 0.15) is 18.2 Å². The zero-order valence-corrected chi connectivity index (χ0v) is 27.3. The molecule has 2 N–H and O–H groups in total. The molecule has 1 aliphatic rings. The third-order valence-electron chi connectivity index (χ3n) is 7.16. The van der Waals surface area contributed by atoms with Crippen LogP contribution in [0.5, 0.6) is 0 Å². The topological polar surface area (TPSA) is 91.6 Å². The van der Waals surface area contributed by atoms with Crippen molar-refractivity contribution in [2.45, 2.75) is 52.6 Å². The molecule has 2 heterocycles. The lowest BCUT2D eigenvalue weighted by Gasteiger charge is -2.33. The predicted molar refractivity (Wildman–Crippen MR) is 166 cm³/mol. The van der Waals surface area contributed by atoms with Gasteiger partial charge >= 0.3 is 5.97 Å². The van der Waals surface area contributed by atoms with E-state index in [2.05, 4.69) is 33.5 Å². The van der Waals surface area contributed by atoms with Gasteiger partial charge in [-0.15, -0.1) is 0 Å². The van der Waals surface area contributed by atoms with Crippen LogP contribution in [-0.2, 0) is 27.3 Å². The van der Waals surface area contributed by atoms with E-state index in [-0.39, 0.29) is 49.8 Å². The molecule has 1 aliphatic heterocycles. The third kappa shape index (κ3) is 9.61. The Hall–Kier alpha value is -3.27. The van der Waals surface area contributed by atoms with Gasteiger partial charge in [0.05, 0.1) is 11.1 Å². The van der Waals surface area contributed by atoms with E-state index in [0.717, 1.165) is 40.7 Å². The van der Waals surface area contributed by atoms with Gasteiger partial charge in [-0.25, -0.2) is 9.36 Å². The van der Waals surface area contributed by atoms with Crippen molar-refractivity contribution < 1.29 is 36.1 Å². The number of aromatic nitrogens is 1. The number of ether oxygens (including phenoxy) is 1. The van der Waals surface area contributed by atoms with E-state index >= 15 is 0 Å². The maximum Gasteiger partial charge on any atom is 0.327 e. The molecule has 4 rings (SSSR count). The fourth-order valence-electron chi connectivity index (χ4n) is 5.10. The molecule has 8 nitrogen and oxygen atoms in total. The summed E-state index contributed by atoms with van der Waals surface area (Å²) < 4.78 is 8.61. The number of halogens is 2. The summed E-state index contributed by atoms with van der Waals surface area (Å²) in [6.45, 7) is 8.25. The van der Waals surface area contributed by atoms with E-state index in [1.54, 1.807) is 11.0 Å². The summed E-state index contributed by atoms with van der Waals surface area (Å²) in [5, 5.41) is 6.16. The fourth-order valence-corrected chi connectivity index (χ4v) is 5.61. The highest BCUT2D eigenvalue weighted by Gasteiger charge is 2.31. The molecule has 10 heteroatoms. The number of anilines is 1. The molecule has 0 bridgehead atoms. The van der Waals surface area contributed by atoms with E-state index in [9.17, 15) is 14.4 Å². The summed E-state index contributed by atoms with van der Waals surface area (Å²) in [7, 11) is 0. The fraction of sp³-hybridized carbons (Fsp3) is 0.394. The van der Waals surface area contributed by atoms with Gasteiger partial charge in [-0.2, -0.15) is 0 Å². The van der Waals surface area contributed by atoms with Crippen LogP contribution in [0.15, 0.2) is 77.5 Å². The van der Waals surface area contributed by atoms with Crippen LogP contribution in [0, 0.1) is 5.41 Å². The highest BCUT2D eigenvalue weighted by Crippen LogP contribution is 2.27. The largest absolute Gasteiger partial charge is 1.00 e. The summed E-state index contributed by atoms with van der Waals surface area (Å²) in [5.41, 5.74) is 2.87. The van der Waals surface area contributed by atoms with Crippen LogP contribution in [-0.4, -0.2) is 44.0 Å². The average Bonchev–Trinajstić information content (AvgIpc) is 2.98. The van der Waals surface area contributed by atoms with Crippen molar-refractivity contribution in [3.05, 3.63) is 94.2 Å². The van der Waals surface area contributed by atoms with Crippen molar-refractivity contribution >= 4 is 39.4 Å². The first-order valence-corrected chi connectivity index (χ1v) is 15.3. The zero-order valence-electron chi connectivity index (χ0n) is 24.9. The average molecular weight is 672 g/mol. The van der Waals surface area contributed by atoms with Crippen LogP contribution in [0.2, 0.25) is 0 Å². The Bertz CT molecular complexity index is 1400. The lowest BCUT2D eigenvalue weighted by molar-refractivity contribution is -0.697. The van der Waals surface area contributed by atoms with Crippen LogP contribution in [0.3, 0.4) is 0 Å². The number of pyridine rings is 1. The number of fused-ring (bicyclic) bond motifs is 1. The zero-order chi connectivity index (χ0) is 30.1. The second-order valence-corrected chi connectivity index (χ2v) is 12.3. The summed E-state index contributed by atoms with van der Waals surface area (Å²) in [6, 6.07) is 18.6. The molecular weight excluding hydrogens is 632 g/mol. The molecule has 2 amide bonds. The van der Waals surface area contributed by atoms with E-state index in [0.29, 0.717) is 18.7 Å². The molecule has 1 aromatic heterocycles. The second kappa shape index (κ2) is 16.0. The normalized spacial score (nSPS) is 14.2. The Morgan fingerprint density at radius 2 is 1.81 bits per heavy atom. The summed E-state index contributed by atoms with van der Waals surface area (Å²) in [5.74, 6) is -0.673. The molecule has 43 heavy (non-hydrogen) atoms. The molecule has 1 atom stereocenters. The molecule has 1 unspecified atom stereocenters. The van der Waals surface area contributed by atoms with Gasteiger partial charge in [-0.05, 0) is 51.7 Å². The predicted octanol–water partition coefficient (Wildman–Crippen LogP) is 1.76. The second-order valence-electron chi connectivity index (χ2n) is 11.4. The van der Waals surface area contributed by atoms with Crippen LogP contribution in [0.25, 0.3) is 0 Å². The molecule has 3 aromatic rings. The van der Waals surface area contributed by atoms with Gasteiger partial charge in [0.15, 0.2) is 12.4 Å². The van der Waals surface area contributed by atoms with Gasteiger partial charge in [-0.3, -0.25) is 9.59 Å². The van der Waals surface area contributed by atoms with Crippen molar-refractivity contribution in [3.63, 3.8) is 0 Å². The summed E-state index contributed by atoms with van der Waals surface area (Å²) in [6.07, 6.45) is 5.70. The van der Waals surface area contributed by atoms with Crippen molar-refractivity contribution in [1.29, 1.82) is 0 Å². The summed E-state index contributed by atoms with van der Waals surface area (Å²) in [4.78, 5) is 41.1. The molecule has 0 saturated heterocycles. The maximum absolute atomic E-state index is 13.5. The highest BCUT2D eigenvalue weighted by molar-refractivity contribution is 9.10. The van der Waals surface area contributed by atoms with Crippen LogP contribution in [0.4, 0.5) is 5.69 Å². The van der Waals surface area contributed by atoms with Gasteiger partial charge in [0.2, 0.25) is 5.91 Å². The molecule has 2 aromatic carbocycles. The molecular formula is C33H40BrClN4O4. The van der Waals surface area contributed by atoms with E-state index in [1.165, 1.54) is 0 Å². The number of aryl methyl sites for hydroxylation is 1. The standard InChI is InChI=1S/C33H39BrN4O4.ClH/c1-4-18-37-20-25(19-26(34)21-37)31(40)36-17-15-29(39)38(27-11-6-5-7-12-27)22-33(2,3)23-42-32(41)30-28-13-9-8-10-24(28)14-16-35-30;/h5-13,19-21,30,35H,4,14-18,22-23H2,1-3H3;1H. The number of hydrogen-bond donors (Lipinski definition) is 2. The maximum atomic E-state index is 13.5. The number of hydrogen-bond acceptors (Lipinski definition) is 5. The number of amides is 2. The third-order valence-corrected chi connectivity index (χ3v) is 7.59. The number of nitrogens with one attached hydrogen (secondary N) is 2. The SMILES string of the molecule is CCC[n+]1cc(Br)cc(C(=O)NCCC(=O)N(CC(C)(C)COC(=O)C2NCCc3ccccc32)c2ccccc2)c1.[Cl-]. The molecule has 0 spiro atoms. The van der Waals surface area contributed by atoms with Crippen molar-refractivity contribution in [2.24, 2.45) is 5.41 Å². The van der Waals surface area contributed by atoms with E-state index < -0.39 is 11.5 Å². The number of carbonyl (C=O) groups excluding carboxylic acids is 3. The minimum Gasteiger partial charge on any atom is -1.00 e. The van der Waals surface area contributed by atoms with E-state index in [1.807, 2.05) is 85.4 Å². The number of rotatable bonds is 12. The minimum absolute atomic E-state index is 0.